The van der Waals surface area contributed by atoms with Crippen molar-refractivity contribution in [1.82, 2.24) is 4.90 Å². The molecule has 0 aromatic heterocycles. The van der Waals surface area contributed by atoms with Crippen molar-refractivity contribution in [3.63, 3.8) is 0 Å². The van der Waals surface area contributed by atoms with Gasteiger partial charge in [-0.2, -0.15) is 11.1 Å². The van der Waals surface area contributed by atoms with Gasteiger partial charge in [0.05, 0.1) is 0 Å². The fraction of sp³-hybridized carbons (Fsp3) is 0.733. The summed E-state index contributed by atoms with van der Waals surface area (Å²) in [7, 11) is 0. The van der Waals surface area contributed by atoms with Gasteiger partial charge in [-0.05, 0) is 38.9 Å². The predicted molar refractivity (Wildman–Crippen MR) is 69.2 cm³/mol. The number of allylic oxidation sites excluding steroid dienone is 4. The van der Waals surface area contributed by atoms with E-state index in [1.165, 1.54) is 55.6 Å². The van der Waals surface area contributed by atoms with Crippen molar-refractivity contribution in [3.05, 3.63) is 22.8 Å². The van der Waals surface area contributed by atoms with E-state index in [4.69, 9.17) is 0 Å². The van der Waals surface area contributed by atoms with Crippen molar-refractivity contribution < 1.29 is 46.5 Å². The van der Waals surface area contributed by atoms with Crippen molar-refractivity contribution >= 4 is 0 Å². The van der Waals surface area contributed by atoms with Crippen molar-refractivity contribution in [2.45, 2.75) is 47.0 Å². The van der Waals surface area contributed by atoms with Gasteiger partial charge in [0.25, 0.3) is 0 Å². The summed E-state index contributed by atoms with van der Waals surface area (Å²) in [6.45, 7) is 12.9. The second-order valence-corrected chi connectivity index (χ2v) is 5.63. The Morgan fingerprint density at radius 3 is 2.05 bits per heavy atom. The maximum absolute atomic E-state index is 3.67. The average molecular weight is 337 g/mol. The molecule has 0 amide bonds. The van der Waals surface area contributed by atoms with E-state index in [0.29, 0.717) is 0 Å². The molecule has 1 nitrogen and oxygen atoms in total. The Morgan fingerprint density at radius 1 is 1.11 bits per heavy atom. The Hall–Kier alpha value is 0.734. The smallest absolute Gasteiger partial charge is 1.00 e. The zero-order valence-corrected chi connectivity index (χ0v) is 15.5. The first-order chi connectivity index (χ1) is 7.53. The summed E-state index contributed by atoms with van der Waals surface area (Å²) in [6, 6.07) is 0. The van der Waals surface area contributed by atoms with Crippen LogP contribution >= 0.6 is 0 Å². The molecule has 2 aliphatic rings. The van der Waals surface area contributed by atoms with Gasteiger partial charge < -0.3 is 29.7 Å². The first-order valence-electron chi connectivity index (χ1n) is 6.55. The van der Waals surface area contributed by atoms with Gasteiger partial charge in [-0.3, -0.25) is 6.08 Å². The van der Waals surface area contributed by atoms with Crippen LogP contribution in [0, 0.1) is 11.5 Å². The summed E-state index contributed by atoms with van der Waals surface area (Å²) >= 11 is 0. The maximum atomic E-state index is 3.67. The Balaban J connectivity index is 0. The topological polar surface area (TPSA) is 3.24 Å². The molecule has 1 fully saturated rings. The zero-order valence-electron chi connectivity index (χ0n) is 12.4. The van der Waals surface area contributed by atoms with Crippen LogP contribution in [-0.2, 0) is 21.7 Å². The van der Waals surface area contributed by atoms with E-state index in [9.17, 15) is 0 Å². The molecular formula is C15H24Cl2NTi. The van der Waals surface area contributed by atoms with Gasteiger partial charge in [0, 0.05) is 0 Å². The average Bonchev–Trinajstić information content (AvgIpc) is 2.82. The van der Waals surface area contributed by atoms with Crippen molar-refractivity contribution in [1.29, 1.82) is 0 Å². The molecule has 1 aliphatic heterocycles. The Labute approximate surface area is 146 Å². The molecule has 1 unspecified atom stereocenters. The molecule has 1 heterocycles. The summed E-state index contributed by atoms with van der Waals surface area (Å²) in [5.74, 6) is 0. The van der Waals surface area contributed by atoms with E-state index in [0.717, 1.165) is 0 Å². The van der Waals surface area contributed by atoms with E-state index >= 15 is 0 Å². The Bertz CT molecular complexity index is 346. The van der Waals surface area contributed by atoms with Crippen LogP contribution < -0.4 is 24.8 Å². The molecule has 19 heavy (non-hydrogen) atoms. The molecule has 4 heteroatoms. The third-order valence-corrected chi connectivity index (χ3v) is 4.54. The number of likely N-dealkylation sites (tertiary alicyclic amines) is 1. The first-order valence-corrected chi connectivity index (χ1v) is 6.55. The third kappa shape index (κ3) is 4.90. The molecule has 0 saturated carbocycles. The van der Waals surface area contributed by atoms with Crippen LogP contribution in [0.5, 0.6) is 0 Å². The van der Waals surface area contributed by atoms with Gasteiger partial charge in [-0.1, -0.05) is 26.2 Å². The van der Waals surface area contributed by atoms with Gasteiger partial charge in [-0.25, -0.2) is 5.57 Å². The van der Waals surface area contributed by atoms with Crippen LogP contribution in [0.1, 0.15) is 47.0 Å². The van der Waals surface area contributed by atoms with Crippen LogP contribution in [0.4, 0.5) is 0 Å². The fourth-order valence-electron chi connectivity index (χ4n) is 2.93. The van der Waals surface area contributed by atoms with E-state index in [2.05, 4.69) is 38.7 Å². The minimum atomic E-state index is 0. The second kappa shape index (κ2) is 8.90. The molecular weight excluding hydrogens is 313 g/mol. The number of nitrogens with zero attached hydrogens (tertiary/aromatic N) is 1. The van der Waals surface area contributed by atoms with Crippen molar-refractivity contribution in [3.8, 4) is 0 Å². The monoisotopic (exact) mass is 336 g/mol. The number of hydrogen-bond acceptors (Lipinski definition) is 1. The van der Waals surface area contributed by atoms with Crippen molar-refractivity contribution in [2.24, 2.45) is 5.41 Å². The molecule has 1 aliphatic carbocycles. The molecule has 0 bridgehead atoms. The standard InChI is InChI=1S/C15H24N.2ClH.Ti/c1-12-11-15(4,14(3)13(12)2)7-10-16-8-5-6-9-16;;;/h5-10H2,1-4H3;2*1H;/q-1;;;+3/p-2. The molecule has 0 spiro atoms. The van der Waals surface area contributed by atoms with Crippen molar-refractivity contribution in [2.75, 3.05) is 19.6 Å². The fourth-order valence-corrected chi connectivity index (χ4v) is 2.93. The predicted octanol–water partition coefficient (Wildman–Crippen LogP) is -2.42. The third-order valence-electron chi connectivity index (χ3n) is 4.54. The van der Waals surface area contributed by atoms with Crippen LogP contribution in [-0.4, -0.2) is 24.5 Å². The number of rotatable bonds is 3. The SMILES string of the molecule is CC1=[C-]C(C)(CCN2CCCC2)C(C)=C1C.[Cl-].[Cl-].[Ti+3]. The summed E-state index contributed by atoms with van der Waals surface area (Å²) in [6.07, 6.45) is 7.68. The van der Waals surface area contributed by atoms with Gasteiger partial charge in [0.15, 0.2) is 0 Å². The molecule has 0 N–H and O–H groups in total. The van der Waals surface area contributed by atoms with E-state index in [-0.39, 0.29) is 51.9 Å². The number of halogens is 2. The molecule has 0 aromatic rings. The van der Waals surface area contributed by atoms with E-state index in [1.54, 1.807) is 0 Å². The second-order valence-electron chi connectivity index (χ2n) is 5.63. The summed E-state index contributed by atoms with van der Waals surface area (Å²) < 4.78 is 0. The van der Waals surface area contributed by atoms with Crippen LogP contribution in [0.3, 0.4) is 0 Å². The van der Waals surface area contributed by atoms with E-state index in [1.807, 2.05) is 0 Å². The molecule has 1 atom stereocenters. The first kappa shape index (κ1) is 22.0. The van der Waals surface area contributed by atoms with Gasteiger partial charge in [0.2, 0.25) is 0 Å². The van der Waals surface area contributed by atoms with Crippen LogP contribution in [0.15, 0.2) is 16.7 Å². The van der Waals surface area contributed by atoms with Crippen LogP contribution in [0.25, 0.3) is 0 Å². The summed E-state index contributed by atoms with van der Waals surface area (Å²) in [5, 5.41) is 0. The molecule has 1 saturated heterocycles. The van der Waals surface area contributed by atoms with Gasteiger partial charge >= 0.3 is 21.7 Å². The zero-order chi connectivity index (χ0) is 11.8. The molecule has 0 aromatic carbocycles. The number of hydrogen-bond donors (Lipinski definition) is 0. The normalized spacial score (nSPS) is 26.4. The molecule has 2 rings (SSSR count). The largest absolute Gasteiger partial charge is 3.00 e. The summed E-state index contributed by atoms with van der Waals surface area (Å²) in [4.78, 5) is 2.60. The minimum absolute atomic E-state index is 0. The Kier molecular flexibility index (Phi) is 10.3. The quantitative estimate of drug-likeness (QED) is 0.410. The molecule has 107 valence electrons. The molecule has 1 radical (unpaired) electrons. The van der Waals surface area contributed by atoms with E-state index < -0.39 is 0 Å². The maximum Gasteiger partial charge on any atom is 3.00 e. The van der Waals surface area contributed by atoms with Gasteiger partial charge in [-0.15, -0.1) is 6.92 Å². The van der Waals surface area contributed by atoms with Gasteiger partial charge in [0.1, 0.15) is 0 Å². The Morgan fingerprint density at radius 2 is 1.63 bits per heavy atom. The minimum Gasteiger partial charge on any atom is -1.00 e. The summed E-state index contributed by atoms with van der Waals surface area (Å²) in [5.41, 5.74) is 4.56. The van der Waals surface area contributed by atoms with Crippen LogP contribution in [0.2, 0.25) is 0 Å².